The predicted octanol–water partition coefficient (Wildman–Crippen LogP) is 1.55. The van der Waals surface area contributed by atoms with E-state index >= 15 is 0 Å². The molecule has 7 heteroatoms. The molecule has 0 saturated heterocycles. The summed E-state index contributed by atoms with van der Waals surface area (Å²) in [7, 11) is 0. The Labute approximate surface area is 123 Å². The van der Waals surface area contributed by atoms with Gasteiger partial charge >= 0.3 is 12.0 Å². The lowest BCUT2D eigenvalue weighted by molar-refractivity contribution is -0.138. The summed E-state index contributed by atoms with van der Waals surface area (Å²) in [5.41, 5.74) is 0. The number of thioether (sulfide) groups is 1. The average Bonchev–Trinajstić information content (AvgIpc) is 3.16. The molecular formula is C13H22N2O4S. The number of carboxylic acid groups (broad SMARTS) is 1. The highest BCUT2D eigenvalue weighted by Crippen LogP contribution is 2.32. The molecule has 1 aliphatic rings. The van der Waals surface area contributed by atoms with Gasteiger partial charge in [0.1, 0.15) is 6.04 Å². The summed E-state index contributed by atoms with van der Waals surface area (Å²) >= 11 is 1.18. The molecule has 0 aliphatic heterocycles. The summed E-state index contributed by atoms with van der Waals surface area (Å²) in [5.74, 6) is 0.177. The van der Waals surface area contributed by atoms with Crippen LogP contribution in [0.3, 0.4) is 0 Å². The van der Waals surface area contributed by atoms with Gasteiger partial charge in [-0.25, -0.2) is 4.79 Å². The van der Waals surface area contributed by atoms with E-state index < -0.39 is 12.0 Å². The average molecular weight is 302 g/mol. The van der Waals surface area contributed by atoms with Crippen molar-refractivity contribution in [2.75, 3.05) is 18.8 Å². The van der Waals surface area contributed by atoms with Crippen LogP contribution in [-0.4, -0.2) is 52.0 Å². The Morgan fingerprint density at radius 3 is 2.50 bits per heavy atom. The maximum atomic E-state index is 12.0. The number of hydrogen-bond donors (Lipinski definition) is 2. The van der Waals surface area contributed by atoms with E-state index in [0.717, 1.165) is 6.42 Å². The Balaban J connectivity index is 2.43. The molecule has 1 aliphatic carbocycles. The summed E-state index contributed by atoms with van der Waals surface area (Å²) in [6, 6.07) is -1.28. The zero-order valence-electron chi connectivity index (χ0n) is 11.9. The summed E-state index contributed by atoms with van der Waals surface area (Å²) in [5, 5.41) is 11.3. The van der Waals surface area contributed by atoms with E-state index in [0.29, 0.717) is 24.8 Å². The van der Waals surface area contributed by atoms with Gasteiger partial charge in [-0.3, -0.25) is 9.59 Å². The van der Waals surface area contributed by atoms with Crippen LogP contribution < -0.4 is 5.32 Å². The Morgan fingerprint density at radius 2 is 2.00 bits per heavy atom. The van der Waals surface area contributed by atoms with Gasteiger partial charge in [-0.1, -0.05) is 24.6 Å². The van der Waals surface area contributed by atoms with E-state index in [4.69, 9.17) is 5.11 Å². The monoisotopic (exact) mass is 302 g/mol. The number of urea groups is 1. The maximum absolute atomic E-state index is 12.0. The van der Waals surface area contributed by atoms with Crippen molar-refractivity contribution in [2.24, 2.45) is 5.92 Å². The predicted molar refractivity (Wildman–Crippen MR) is 77.7 cm³/mol. The molecule has 0 aromatic carbocycles. The van der Waals surface area contributed by atoms with Crippen molar-refractivity contribution in [2.45, 2.75) is 39.2 Å². The van der Waals surface area contributed by atoms with Crippen molar-refractivity contribution in [3.8, 4) is 0 Å². The zero-order chi connectivity index (χ0) is 15.1. The minimum atomic E-state index is -1.06. The second kappa shape index (κ2) is 8.14. The van der Waals surface area contributed by atoms with Crippen molar-refractivity contribution in [3.05, 3.63) is 0 Å². The van der Waals surface area contributed by atoms with Gasteiger partial charge in [-0.2, -0.15) is 0 Å². The molecular weight excluding hydrogens is 280 g/mol. The molecule has 2 N–H and O–H groups in total. The Morgan fingerprint density at radius 1 is 1.35 bits per heavy atom. The van der Waals surface area contributed by atoms with Crippen molar-refractivity contribution < 1.29 is 19.5 Å². The van der Waals surface area contributed by atoms with Gasteiger partial charge in [0.25, 0.3) is 0 Å². The first kappa shape index (κ1) is 16.8. The minimum absolute atomic E-state index is 0.0199. The molecule has 1 atom stereocenters. The Kier molecular flexibility index (Phi) is 6.84. The first-order chi connectivity index (χ1) is 9.40. The molecule has 0 radical (unpaired) electrons. The second-order valence-electron chi connectivity index (χ2n) is 5.07. The molecule has 114 valence electrons. The zero-order valence-corrected chi connectivity index (χ0v) is 12.7. The molecule has 2 amide bonds. The van der Waals surface area contributed by atoms with Crippen molar-refractivity contribution >= 4 is 28.9 Å². The third-order valence-electron chi connectivity index (χ3n) is 3.17. The van der Waals surface area contributed by atoms with E-state index in [-0.39, 0.29) is 11.1 Å². The summed E-state index contributed by atoms with van der Waals surface area (Å²) < 4.78 is 0. The second-order valence-corrected chi connectivity index (χ2v) is 6.34. The SMILES string of the molecule is CC(=O)SCCN(CCC1CC1)C(=O)N[C@@H](C)C(=O)O. The van der Waals surface area contributed by atoms with Crippen LogP contribution in [0.15, 0.2) is 0 Å². The highest BCUT2D eigenvalue weighted by molar-refractivity contribution is 8.13. The molecule has 0 heterocycles. The summed E-state index contributed by atoms with van der Waals surface area (Å²) in [4.78, 5) is 35.3. The van der Waals surface area contributed by atoms with Crippen LogP contribution in [0.25, 0.3) is 0 Å². The van der Waals surface area contributed by atoms with Gasteiger partial charge in [-0.15, -0.1) is 0 Å². The highest BCUT2D eigenvalue weighted by atomic mass is 32.2. The molecule has 1 rings (SSSR count). The van der Waals surface area contributed by atoms with Gasteiger partial charge in [0.2, 0.25) is 0 Å². The topological polar surface area (TPSA) is 86.7 Å². The van der Waals surface area contributed by atoms with E-state index in [1.807, 2.05) is 0 Å². The number of carbonyl (C=O) groups is 3. The Hall–Kier alpha value is -1.24. The fourth-order valence-corrected chi connectivity index (χ4v) is 2.30. The van der Waals surface area contributed by atoms with Crippen LogP contribution in [0.4, 0.5) is 4.79 Å². The molecule has 0 bridgehead atoms. The number of hydrogen-bond acceptors (Lipinski definition) is 4. The maximum Gasteiger partial charge on any atom is 0.325 e. The lowest BCUT2D eigenvalue weighted by Crippen LogP contribution is -2.47. The van der Waals surface area contributed by atoms with Crippen LogP contribution in [0.1, 0.15) is 33.1 Å². The van der Waals surface area contributed by atoms with E-state index in [2.05, 4.69) is 5.32 Å². The number of rotatable bonds is 8. The number of nitrogens with zero attached hydrogens (tertiary/aromatic N) is 1. The van der Waals surface area contributed by atoms with E-state index in [1.165, 1.54) is 38.5 Å². The third kappa shape index (κ3) is 6.79. The number of carbonyl (C=O) groups excluding carboxylic acids is 2. The van der Waals surface area contributed by atoms with Crippen molar-refractivity contribution in [1.82, 2.24) is 10.2 Å². The van der Waals surface area contributed by atoms with Gasteiger partial charge in [0, 0.05) is 25.8 Å². The van der Waals surface area contributed by atoms with Crippen molar-refractivity contribution in [3.63, 3.8) is 0 Å². The number of nitrogens with one attached hydrogen (secondary N) is 1. The van der Waals surface area contributed by atoms with Crippen LogP contribution in [0.2, 0.25) is 0 Å². The molecule has 0 aromatic heterocycles. The Bertz CT molecular complexity index is 371. The standard InChI is InChI=1S/C13H22N2O4S/c1-9(12(17)18)14-13(19)15(6-5-11-3-4-11)7-8-20-10(2)16/h9,11H,3-8H2,1-2H3,(H,14,19)(H,17,18)/t9-/m0/s1. The molecule has 0 spiro atoms. The van der Waals surface area contributed by atoms with Crippen molar-refractivity contribution in [1.29, 1.82) is 0 Å². The molecule has 1 saturated carbocycles. The van der Waals surface area contributed by atoms with Gasteiger partial charge in [0.05, 0.1) is 0 Å². The normalized spacial score (nSPS) is 15.5. The van der Waals surface area contributed by atoms with Gasteiger partial charge < -0.3 is 15.3 Å². The third-order valence-corrected chi connectivity index (χ3v) is 3.96. The fourth-order valence-electron chi connectivity index (χ4n) is 1.70. The first-order valence-corrected chi connectivity index (χ1v) is 7.80. The number of aliphatic carboxylic acids is 1. The minimum Gasteiger partial charge on any atom is -0.480 e. The van der Waals surface area contributed by atoms with Crippen LogP contribution in [-0.2, 0) is 9.59 Å². The van der Waals surface area contributed by atoms with Crippen LogP contribution in [0.5, 0.6) is 0 Å². The number of carboxylic acids is 1. The van der Waals surface area contributed by atoms with E-state index in [9.17, 15) is 14.4 Å². The van der Waals surface area contributed by atoms with Crippen LogP contribution in [0, 0.1) is 5.92 Å². The molecule has 0 aromatic rings. The molecule has 1 fully saturated rings. The highest BCUT2D eigenvalue weighted by Gasteiger charge is 2.24. The first-order valence-electron chi connectivity index (χ1n) is 6.81. The molecule has 6 nitrogen and oxygen atoms in total. The molecule has 20 heavy (non-hydrogen) atoms. The van der Waals surface area contributed by atoms with Gasteiger partial charge in [0.15, 0.2) is 5.12 Å². The van der Waals surface area contributed by atoms with E-state index in [1.54, 1.807) is 4.90 Å². The quantitative estimate of drug-likeness (QED) is 0.710. The smallest absolute Gasteiger partial charge is 0.325 e. The molecule has 0 unspecified atom stereocenters. The fraction of sp³-hybridized carbons (Fsp3) is 0.769. The summed E-state index contributed by atoms with van der Waals surface area (Å²) in [6.45, 7) is 3.99. The lowest BCUT2D eigenvalue weighted by atomic mass is 10.3. The van der Waals surface area contributed by atoms with Gasteiger partial charge in [-0.05, 0) is 19.3 Å². The largest absolute Gasteiger partial charge is 0.480 e. The van der Waals surface area contributed by atoms with Crippen LogP contribution >= 0.6 is 11.8 Å². The lowest BCUT2D eigenvalue weighted by Gasteiger charge is -2.24. The summed E-state index contributed by atoms with van der Waals surface area (Å²) in [6.07, 6.45) is 3.37. The number of amides is 2.